The van der Waals surface area contributed by atoms with Crippen molar-refractivity contribution in [1.82, 2.24) is 9.97 Å². The van der Waals surface area contributed by atoms with Crippen LogP contribution in [0.2, 0.25) is 0 Å². The normalized spacial score (nSPS) is 28.1. The third-order valence-corrected chi connectivity index (χ3v) is 4.99. The Morgan fingerprint density at radius 1 is 1.16 bits per heavy atom. The summed E-state index contributed by atoms with van der Waals surface area (Å²) in [6.45, 7) is 2.10. The van der Waals surface area contributed by atoms with Crippen LogP contribution < -0.4 is 5.73 Å². The number of nitrogens with zero attached hydrogens (tertiary/aromatic N) is 2. The molecular weight excluding hydrogens is 306 g/mol. The second-order valence-corrected chi connectivity index (χ2v) is 6.45. The molecule has 2 N–H and O–H groups in total. The van der Waals surface area contributed by atoms with Crippen LogP contribution in [-0.4, -0.2) is 16.1 Å². The number of hydrogen-bond acceptors (Lipinski definition) is 4. The van der Waals surface area contributed by atoms with E-state index in [1.165, 1.54) is 25.7 Å². The average Bonchev–Trinajstić information content (AvgIpc) is 3.03. The summed E-state index contributed by atoms with van der Waals surface area (Å²) in [5.74, 6) is 1.85. The zero-order chi connectivity index (χ0) is 13.4. The number of hydrogen-bond donors (Lipinski definition) is 1. The van der Waals surface area contributed by atoms with Gasteiger partial charge in [-0.15, -0.1) is 0 Å². The van der Waals surface area contributed by atoms with Crippen LogP contribution in [0.15, 0.2) is 4.47 Å². The fraction of sp³-hybridized carbons (Fsp3) is 0.714. The molecule has 2 unspecified atom stereocenters. The predicted molar refractivity (Wildman–Crippen MR) is 77.9 cm³/mol. The number of halogens is 1. The number of nitrogen functional groups attached to an aromatic ring is 1. The molecular formula is C14H20BrN3O. The number of nitrogens with two attached hydrogens (primary N) is 1. The smallest absolute Gasteiger partial charge is 0.159 e. The molecule has 2 atom stereocenters. The lowest BCUT2D eigenvalue weighted by atomic mass is 10.0. The highest BCUT2D eigenvalue weighted by Gasteiger charge is 2.29. The molecule has 0 radical (unpaired) electrons. The summed E-state index contributed by atoms with van der Waals surface area (Å²) in [5, 5.41) is 0. The van der Waals surface area contributed by atoms with E-state index in [2.05, 4.69) is 27.8 Å². The molecule has 19 heavy (non-hydrogen) atoms. The highest BCUT2D eigenvalue weighted by Crippen LogP contribution is 2.40. The molecule has 0 aromatic carbocycles. The highest BCUT2D eigenvalue weighted by molar-refractivity contribution is 9.10. The van der Waals surface area contributed by atoms with Gasteiger partial charge in [-0.05, 0) is 48.5 Å². The van der Waals surface area contributed by atoms with Gasteiger partial charge in [0.25, 0.3) is 0 Å². The molecule has 1 aliphatic carbocycles. The van der Waals surface area contributed by atoms with E-state index in [0.717, 1.165) is 28.8 Å². The second kappa shape index (κ2) is 5.37. The van der Waals surface area contributed by atoms with Gasteiger partial charge in [-0.3, -0.25) is 0 Å². The van der Waals surface area contributed by atoms with Crippen molar-refractivity contribution in [2.75, 3.05) is 5.73 Å². The molecule has 1 aliphatic heterocycles. The van der Waals surface area contributed by atoms with Crippen molar-refractivity contribution >= 4 is 21.7 Å². The third kappa shape index (κ3) is 2.63. The number of ether oxygens (including phenoxy) is 1. The maximum absolute atomic E-state index is 6.04. The highest BCUT2D eigenvalue weighted by atomic mass is 79.9. The Balaban J connectivity index is 1.93. The van der Waals surface area contributed by atoms with Crippen molar-refractivity contribution < 1.29 is 4.74 Å². The lowest BCUT2D eigenvalue weighted by Gasteiger charge is -2.16. The summed E-state index contributed by atoms with van der Waals surface area (Å²) in [5.41, 5.74) is 7.12. The summed E-state index contributed by atoms with van der Waals surface area (Å²) in [4.78, 5) is 9.18. The summed E-state index contributed by atoms with van der Waals surface area (Å²) in [6, 6.07) is 0. The molecule has 104 valence electrons. The van der Waals surface area contributed by atoms with Gasteiger partial charge in [-0.1, -0.05) is 12.8 Å². The van der Waals surface area contributed by atoms with Crippen LogP contribution in [0.1, 0.15) is 69.0 Å². The molecule has 2 heterocycles. The number of rotatable bonds is 2. The van der Waals surface area contributed by atoms with Crippen LogP contribution in [0.25, 0.3) is 0 Å². The van der Waals surface area contributed by atoms with Crippen LogP contribution in [-0.2, 0) is 4.74 Å². The SMILES string of the molecule is CC1CCC(c2nc(N)c(Br)c(C3CCCC3)n2)O1. The van der Waals surface area contributed by atoms with Gasteiger partial charge >= 0.3 is 0 Å². The summed E-state index contributed by atoms with van der Waals surface area (Å²) >= 11 is 3.55. The van der Waals surface area contributed by atoms with E-state index in [-0.39, 0.29) is 6.10 Å². The Morgan fingerprint density at radius 3 is 2.53 bits per heavy atom. The van der Waals surface area contributed by atoms with E-state index in [9.17, 15) is 0 Å². The third-order valence-electron chi connectivity index (χ3n) is 4.18. The zero-order valence-corrected chi connectivity index (χ0v) is 12.8. The fourth-order valence-corrected chi connectivity index (χ4v) is 3.61. The van der Waals surface area contributed by atoms with Crippen LogP contribution in [0.5, 0.6) is 0 Å². The van der Waals surface area contributed by atoms with Gasteiger partial charge in [-0.2, -0.15) is 0 Å². The van der Waals surface area contributed by atoms with E-state index in [1.807, 2.05) is 0 Å². The standard InChI is InChI=1S/C14H20BrN3O/c1-8-6-7-10(19-8)14-17-12(9-4-2-3-5-9)11(15)13(16)18-14/h8-10H,2-7H2,1H3,(H2,16,17,18). The van der Waals surface area contributed by atoms with Crippen molar-refractivity contribution in [3.8, 4) is 0 Å². The molecule has 3 rings (SSSR count). The summed E-state index contributed by atoms with van der Waals surface area (Å²) in [7, 11) is 0. The first-order chi connectivity index (χ1) is 9.15. The van der Waals surface area contributed by atoms with Crippen LogP contribution in [0.4, 0.5) is 5.82 Å². The molecule has 1 saturated heterocycles. The first-order valence-corrected chi connectivity index (χ1v) is 7.92. The van der Waals surface area contributed by atoms with Crippen molar-refractivity contribution in [2.45, 2.75) is 63.6 Å². The average molecular weight is 326 g/mol. The zero-order valence-electron chi connectivity index (χ0n) is 11.2. The molecule has 1 aromatic heterocycles. The van der Waals surface area contributed by atoms with Gasteiger partial charge in [0.2, 0.25) is 0 Å². The lowest BCUT2D eigenvalue weighted by molar-refractivity contribution is 0.0502. The van der Waals surface area contributed by atoms with E-state index >= 15 is 0 Å². The topological polar surface area (TPSA) is 61.0 Å². The molecule has 5 heteroatoms. The molecule has 0 amide bonds. The van der Waals surface area contributed by atoms with E-state index in [4.69, 9.17) is 15.5 Å². The minimum Gasteiger partial charge on any atom is -0.383 e. The molecule has 4 nitrogen and oxygen atoms in total. The molecule has 2 fully saturated rings. The van der Waals surface area contributed by atoms with Gasteiger partial charge < -0.3 is 10.5 Å². The minimum absolute atomic E-state index is 0.0190. The second-order valence-electron chi connectivity index (χ2n) is 5.66. The molecule has 0 bridgehead atoms. The lowest BCUT2D eigenvalue weighted by Crippen LogP contribution is -2.12. The first-order valence-electron chi connectivity index (χ1n) is 7.13. The van der Waals surface area contributed by atoms with Crippen molar-refractivity contribution in [3.05, 3.63) is 16.0 Å². The van der Waals surface area contributed by atoms with Gasteiger partial charge in [-0.25, -0.2) is 9.97 Å². The van der Waals surface area contributed by atoms with Crippen LogP contribution in [0, 0.1) is 0 Å². The fourth-order valence-electron chi connectivity index (χ4n) is 3.11. The maximum atomic E-state index is 6.04. The number of anilines is 1. The largest absolute Gasteiger partial charge is 0.383 e. The van der Waals surface area contributed by atoms with E-state index in [0.29, 0.717) is 17.8 Å². The number of aromatic nitrogens is 2. The summed E-state index contributed by atoms with van der Waals surface area (Å²) < 4.78 is 6.75. The predicted octanol–water partition coefficient (Wildman–Crippen LogP) is 3.72. The van der Waals surface area contributed by atoms with E-state index in [1.54, 1.807) is 0 Å². The Bertz CT molecular complexity index is 474. The van der Waals surface area contributed by atoms with Crippen molar-refractivity contribution in [1.29, 1.82) is 0 Å². The van der Waals surface area contributed by atoms with Gasteiger partial charge in [0.15, 0.2) is 5.82 Å². The monoisotopic (exact) mass is 325 g/mol. The van der Waals surface area contributed by atoms with Gasteiger partial charge in [0, 0.05) is 5.92 Å². The summed E-state index contributed by atoms with van der Waals surface area (Å²) in [6.07, 6.45) is 7.36. The molecule has 1 saturated carbocycles. The quantitative estimate of drug-likeness (QED) is 0.900. The van der Waals surface area contributed by atoms with E-state index < -0.39 is 0 Å². The minimum atomic E-state index is 0.0190. The van der Waals surface area contributed by atoms with Crippen molar-refractivity contribution in [3.63, 3.8) is 0 Å². The Kier molecular flexibility index (Phi) is 3.76. The van der Waals surface area contributed by atoms with Crippen LogP contribution >= 0.6 is 15.9 Å². The first kappa shape index (κ1) is 13.3. The van der Waals surface area contributed by atoms with Crippen LogP contribution in [0.3, 0.4) is 0 Å². The Morgan fingerprint density at radius 2 is 1.89 bits per heavy atom. The van der Waals surface area contributed by atoms with Crippen molar-refractivity contribution in [2.24, 2.45) is 0 Å². The Labute approximate surface area is 122 Å². The van der Waals surface area contributed by atoms with Gasteiger partial charge in [0.1, 0.15) is 11.9 Å². The Hall–Kier alpha value is -0.680. The molecule has 1 aromatic rings. The molecule has 0 spiro atoms. The molecule has 2 aliphatic rings. The maximum Gasteiger partial charge on any atom is 0.159 e. The van der Waals surface area contributed by atoms with Gasteiger partial charge in [0.05, 0.1) is 16.3 Å².